The summed E-state index contributed by atoms with van der Waals surface area (Å²) in [5.74, 6) is -2.85. The SMILES string of the molecule is Nc1c(/N=N/c2ccc(S(=O)(=O)CCOS(=O)(=O)O)cc2)c(S(=O)(=O)O)cc2cc(S(=O)(=O)O)c(/N=N/c3ccc(S(=O)(=O)CCOS(=O)(=O)O)cc3)c(O)c12.[NaH].[NaH].[NaH].[NaH]. The van der Waals surface area contributed by atoms with Crippen LogP contribution in [0.5, 0.6) is 5.75 Å². The van der Waals surface area contributed by atoms with E-state index in [0.29, 0.717) is 12.1 Å². The molecule has 4 aromatic rings. The van der Waals surface area contributed by atoms with Crippen LogP contribution in [0, 0.1) is 0 Å². The molecule has 0 amide bonds. The molecule has 0 aliphatic rings. The van der Waals surface area contributed by atoms with E-state index in [1.165, 1.54) is 0 Å². The van der Waals surface area contributed by atoms with E-state index in [1.807, 2.05) is 0 Å². The first-order chi connectivity index (χ1) is 25.6. The van der Waals surface area contributed by atoms with Crippen LogP contribution in [0.15, 0.2) is 101 Å². The molecule has 0 bridgehead atoms. The van der Waals surface area contributed by atoms with Crippen molar-refractivity contribution < 1.29 is 82.2 Å². The van der Waals surface area contributed by atoms with Gasteiger partial charge in [-0.15, -0.1) is 10.2 Å². The molecule has 60 heavy (non-hydrogen) atoms. The van der Waals surface area contributed by atoms with Gasteiger partial charge in [0.1, 0.15) is 21.2 Å². The minimum absolute atomic E-state index is 0. The molecule has 312 valence electrons. The van der Waals surface area contributed by atoms with Crippen LogP contribution in [-0.2, 0) is 69.1 Å². The van der Waals surface area contributed by atoms with Gasteiger partial charge in [0.25, 0.3) is 20.2 Å². The number of aromatic hydroxyl groups is 1. The van der Waals surface area contributed by atoms with E-state index in [-0.39, 0.29) is 139 Å². The number of phenols is 1. The number of nitrogen functional groups attached to an aromatic ring is 1. The van der Waals surface area contributed by atoms with E-state index < -0.39 is 129 Å². The second-order valence-electron chi connectivity index (χ2n) is 10.8. The van der Waals surface area contributed by atoms with Crippen LogP contribution in [0.4, 0.5) is 28.4 Å². The fourth-order valence-corrected chi connectivity index (χ4v) is 8.80. The number of phenolic OH excluding ortho intramolecular Hbond substituents is 1. The van der Waals surface area contributed by atoms with Gasteiger partial charge in [-0.1, -0.05) is 0 Å². The van der Waals surface area contributed by atoms with Crippen LogP contribution < -0.4 is 5.73 Å². The Morgan fingerprint density at radius 1 is 0.517 bits per heavy atom. The first-order valence-electron chi connectivity index (χ1n) is 14.4. The molecule has 4 rings (SSSR count). The van der Waals surface area contributed by atoms with Crippen molar-refractivity contribution in [2.24, 2.45) is 20.5 Å². The van der Waals surface area contributed by atoms with Crippen molar-refractivity contribution in [2.45, 2.75) is 19.6 Å². The number of hydrogen-bond acceptors (Lipinski definition) is 20. The van der Waals surface area contributed by atoms with Crippen molar-refractivity contribution in [3.05, 3.63) is 60.7 Å². The molecule has 7 N–H and O–H groups in total. The van der Waals surface area contributed by atoms with Crippen molar-refractivity contribution in [2.75, 3.05) is 30.5 Å². The molecule has 0 fully saturated rings. The first-order valence-corrected chi connectivity index (χ1v) is 23.3. The van der Waals surface area contributed by atoms with Crippen molar-refractivity contribution in [1.29, 1.82) is 0 Å². The minimum atomic E-state index is -5.29. The van der Waals surface area contributed by atoms with Crippen molar-refractivity contribution in [3.8, 4) is 5.75 Å². The number of fused-ring (bicyclic) bond motifs is 1. The fourth-order valence-electron chi connectivity index (χ4n) is 4.49. The van der Waals surface area contributed by atoms with Gasteiger partial charge in [-0.05, 0) is 66.0 Å². The van der Waals surface area contributed by atoms with Gasteiger partial charge in [0.15, 0.2) is 25.4 Å². The van der Waals surface area contributed by atoms with Gasteiger partial charge in [-0.3, -0.25) is 18.2 Å². The second kappa shape index (κ2) is 23.0. The Balaban J connectivity index is 0.00000870. The standard InChI is InChI=1S/C26H25N5O19S6.4Na.4H/c27-23-22-15(13-20(53(37,38)39)24(23)30-28-16-1-5-18(6-2-16)51(33,34)11-9-49-55(43,44)45)14-21(54(40,41)42)25(26(22)32)31-29-17-3-7-19(8-4-17)52(35,36)12-10-50-56(46,47)48;;;;;;;;/h1-8,13-14,32H,9-12,27H2,(H,37,38,39)(H,40,41,42)(H,43,44,45)(H,46,47,48);;;;;;;;/b30-28+,31-29+;;;;;;;;. The quantitative estimate of drug-likeness (QED) is 0.0373. The van der Waals surface area contributed by atoms with E-state index in [2.05, 4.69) is 28.8 Å². The number of rotatable bonds is 16. The Hall–Kier alpha value is -0.600. The summed E-state index contributed by atoms with van der Waals surface area (Å²) in [5, 5.41) is 25.0. The third-order valence-electron chi connectivity index (χ3n) is 6.96. The fraction of sp³-hybridized carbons (Fsp3) is 0.154. The number of hydrogen-bond donors (Lipinski definition) is 6. The number of sulfone groups is 2. The van der Waals surface area contributed by atoms with Crippen LogP contribution >= 0.6 is 0 Å². The molecule has 0 saturated carbocycles. The average Bonchev–Trinajstić information content (AvgIpc) is 3.05. The number of nitrogens with two attached hydrogens (primary N) is 1. The summed E-state index contributed by atoms with van der Waals surface area (Å²) in [6.07, 6.45) is 0. The van der Waals surface area contributed by atoms with E-state index >= 15 is 0 Å². The predicted molar refractivity (Wildman–Crippen MR) is 219 cm³/mol. The number of nitrogens with zero attached hydrogens (tertiary/aromatic N) is 4. The third kappa shape index (κ3) is 16.4. The molecule has 24 nitrogen and oxygen atoms in total. The molecule has 4 aromatic carbocycles. The Labute approximate surface area is 431 Å². The van der Waals surface area contributed by atoms with Crippen LogP contribution in [0.2, 0.25) is 0 Å². The zero-order chi connectivity index (χ0) is 42.1. The first kappa shape index (κ1) is 59.4. The van der Waals surface area contributed by atoms with Crippen LogP contribution in [0.25, 0.3) is 10.8 Å². The normalized spacial score (nSPS) is 12.7. The Bertz CT molecular complexity index is 2760. The maximum absolute atomic E-state index is 12.5. The third-order valence-corrected chi connectivity index (χ3v) is 13.0. The molecule has 0 aliphatic heterocycles. The van der Waals surface area contributed by atoms with Crippen LogP contribution in [0.3, 0.4) is 0 Å². The zero-order valence-electron chi connectivity index (χ0n) is 27.4. The van der Waals surface area contributed by atoms with Crippen LogP contribution in [-0.4, -0.2) is 217 Å². The van der Waals surface area contributed by atoms with Gasteiger partial charge in [-0.2, -0.15) is 43.9 Å². The molecule has 0 radical (unpaired) electrons. The molecule has 0 heterocycles. The molecule has 34 heteroatoms. The Morgan fingerprint density at radius 2 is 0.850 bits per heavy atom. The summed E-state index contributed by atoms with van der Waals surface area (Å²) in [7, 11) is -28.6. The van der Waals surface area contributed by atoms with Crippen molar-refractivity contribution >= 4 is 218 Å². The zero-order valence-corrected chi connectivity index (χ0v) is 32.3. The molecular formula is C26H29N5Na4O19S6. The number of benzene rings is 4. The molecular weight excluding hydrogens is 971 g/mol. The number of anilines is 1. The van der Waals surface area contributed by atoms with Gasteiger partial charge in [-0.25, -0.2) is 25.2 Å². The molecule has 0 atom stereocenters. The van der Waals surface area contributed by atoms with E-state index in [1.54, 1.807) is 0 Å². The van der Waals surface area contributed by atoms with Gasteiger partial charge in [0.2, 0.25) is 0 Å². The van der Waals surface area contributed by atoms with Crippen molar-refractivity contribution in [1.82, 2.24) is 0 Å². The van der Waals surface area contributed by atoms with E-state index in [9.17, 15) is 64.7 Å². The summed E-state index contributed by atoms with van der Waals surface area (Å²) in [6, 6.07) is 9.46. The molecule has 0 saturated heterocycles. The second-order valence-corrected chi connectivity index (χ2v) is 20.0. The molecule has 0 spiro atoms. The summed E-state index contributed by atoms with van der Waals surface area (Å²) >= 11 is 0. The van der Waals surface area contributed by atoms with Crippen LogP contribution in [0.1, 0.15) is 0 Å². The average molecular weight is 1000 g/mol. The summed E-state index contributed by atoms with van der Waals surface area (Å²) in [6.45, 7) is -1.83. The molecule has 0 aliphatic carbocycles. The Kier molecular flexibility index (Phi) is 22.8. The van der Waals surface area contributed by atoms with E-state index in [4.69, 9.17) is 14.8 Å². The molecule has 0 unspecified atom stereocenters. The summed E-state index contributed by atoms with van der Waals surface area (Å²) in [4.78, 5) is -2.93. The van der Waals surface area contributed by atoms with Gasteiger partial charge in [0.05, 0.1) is 57.0 Å². The van der Waals surface area contributed by atoms with Gasteiger partial charge >= 0.3 is 139 Å². The summed E-state index contributed by atoms with van der Waals surface area (Å²) < 4.78 is 187. The van der Waals surface area contributed by atoms with Crippen molar-refractivity contribution in [3.63, 3.8) is 0 Å². The van der Waals surface area contributed by atoms with E-state index in [0.717, 1.165) is 48.5 Å². The van der Waals surface area contributed by atoms with Gasteiger partial charge < -0.3 is 10.8 Å². The topological polar surface area (TPSA) is 400 Å². The Morgan fingerprint density at radius 3 is 1.18 bits per heavy atom. The van der Waals surface area contributed by atoms with Gasteiger partial charge in [0, 0.05) is 0 Å². The molecule has 0 aromatic heterocycles. The monoisotopic (exact) mass is 999 g/mol. The maximum atomic E-state index is 12.5. The predicted octanol–water partition coefficient (Wildman–Crippen LogP) is 0.0440. The number of azo groups is 2. The summed E-state index contributed by atoms with van der Waals surface area (Å²) in [5.41, 5.74) is 3.29.